The zero-order valence-corrected chi connectivity index (χ0v) is 35.8. The fraction of sp³-hybridized carbons (Fsp3) is 0.0323. The Labute approximate surface area is 377 Å². The average Bonchev–Trinajstić information content (AvgIpc) is 3.90. The lowest BCUT2D eigenvalue weighted by Crippen LogP contribution is -2.44. The molecular formula is C62H41NS. The number of rotatable bonds is 7. The largest absolute Gasteiger partial charge is 0.310 e. The van der Waals surface area contributed by atoms with Gasteiger partial charge >= 0.3 is 0 Å². The number of para-hydroxylation sites is 2. The third-order valence-electron chi connectivity index (χ3n) is 14.0. The van der Waals surface area contributed by atoms with Crippen molar-refractivity contribution in [2.45, 2.75) is 10.8 Å². The minimum atomic E-state index is -0.703. The highest BCUT2D eigenvalue weighted by molar-refractivity contribution is 7.25. The Morgan fingerprint density at radius 3 is 1.58 bits per heavy atom. The number of hydrogen-bond donors (Lipinski definition) is 0. The van der Waals surface area contributed by atoms with Crippen LogP contribution in [0, 0.1) is 0 Å². The second-order valence-electron chi connectivity index (χ2n) is 17.1. The lowest BCUT2D eigenvalue weighted by molar-refractivity contribution is 0.627. The van der Waals surface area contributed by atoms with E-state index in [9.17, 15) is 0 Å². The molecule has 13 rings (SSSR count). The van der Waals surface area contributed by atoms with E-state index < -0.39 is 10.8 Å². The molecule has 2 heteroatoms. The molecule has 0 amide bonds. The number of anilines is 3. The number of benzene rings is 10. The summed E-state index contributed by atoms with van der Waals surface area (Å²) in [6, 6.07) is 92.9. The van der Waals surface area contributed by atoms with E-state index in [1.165, 1.54) is 86.9 Å². The van der Waals surface area contributed by atoms with Gasteiger partial charge in [-0.2, -0.15) is 0 Å². The third kappa shape index (κ3) is 5.12. The van der Waals surface area contributed by atoms with Gasteiger partial charge in [0, 0.05) is 31.5 Å². The van der Waals surface area contributed by atoms with Gasteiger partial charge in [0.05, 0.1) is 16.5 Å². The molecule has 0 radical (unpaired) electrons. The van der Waals surface area contributed by atoms with Gasteiger partial charge in [0.25, 0.3) is 0 Å². The van der Waals surface area contributed by atoms with Crippen molar-refractivity contribution in [1.29, 1.82) is 0 Å². The summed E-state index contributed by atoms with van der Waals surface area (Å²) in [6.07, 6.45) is 0. The van der Waals surface area contributed by atoms with Gasteiger partial charge < -0.3 is 4.90 Å². The van der Waals surface area contributed by atoms with Gasteiger partial charge in [-0.1, -0.05) is 200 Å². The number of hydrogen-bond acceptors (Lipinski definition) is 2. The molecule has 0 saturated heterocycles. The quantitative estimate of drug-likeness (QED) is 0.155. The molecule has 2 atom stereocenters. The molecule has 64 heavy (non-hydrogen) atoms. The molecule has 0 bridgehead atoms. The van der Waals surface area contributed by atoms with Crippen LogP contribution in [-0.2, 0) is 10.8 Å². The average molecular weight is 832 g/mol. The minimum Gasteiger partial charge on any atom is -0.310 e. The van der Waals surface area contributed by atoms with Crippen LogP contribution in [0.3, 0.4) is 0 Å². The Morgan fingerprint density at radius 2 is 0.828 bits per heavy atom. The molecule has 2 aliphatic rings. The Balaban J connectivity index is 1.08. The molecule has 300 valence electrons. The second-order valence-corrected chi connectivity index (χ2v) is 18.2. The molecule has 0 fully saturated rings. The van der Waals surface area contributed by atoms with E-state index in [1.54, 1.807) is 0 Å². The SMILES string of the molecule is c1ccc(N(c2ccc(-c3ccc4sc5ccccc5c4c3)cc2)c2ccccc2C2(c3ccccc3)c3ccccc3C3(c4ccccc4)c4ccccc4-c4cccc2c43)cc1. The topological polar surface area (TPSA) is 3.24 Å². The first kappa shape index (κ1) is 36.8. The highest BCUT2D eigenvalue weighted by Gasteiger charge is 2.58. The highest BCUT2D eigenvalue weighted by Crippen LogP contribution is 2.66. The summed E-state index contributed by atoms with van der Waals surface area (Å²) in [6.45, 7) is 0. The first-order valence-electron chi connectivity index (χ1n) is 22.2. The van der Waals surface area contributed by atoms with E-state index in [0.29, 0.717) is 0 Å². The fourth-order valence-electron chi connectivity index (χ4n) is 11.5. The van der Waals surface area contributed by atoms with Crippen molar-refractivity contribution in [1.82, 2.24) is 0 Å². The summed E-state index contributed by atoms with van der Waals surface area (Å²) < 4.78 is 2.64. The normalized spacial score (nSPS) is 16.9. The molecule has 2 unspecified atom stereocenters. The maximum absolute atomic E-state index is 2.47. The molecule has 1 aromatic heterocycles. The van der Waals surface area contributed by atoms with Gasteiger partial charge in [-0.15, -0.1) is 11.3 Å². The van der Waals surface area contributed by atoms with Crippen molar-refractivity contribution in [2.24, 2.45) is 0 Å². The van der Waals surface area contributed by atoms with Gasteiger partial charge in [-0.05, 0) is 115 Å². The van der Waals surface area contributed by atoms with E-state index in [1.807, 2.05) is 11.3 Å². The Hall–Kier alpha value is -7.78. The number of fused-ring (bicyclic) bond motifs is 8. The minimum absolute atomic E-state index is 0.513. The summed E-state index contributed by atoms with van der Waals surface area (Å²) in [4.78, 5) is 2.47. The van der Waals surface area contributed by atoms with Crippen LogP contribution >= 0.6 is 11.3 Å². The van der Waals surface area contributed by atoms with E-state index in [2.05, 4.69) is 254 Å². The molecule has 0 spiro atoms. The zero-order chi connectivity index (χ0) is 42.2. The van der Waals surface area contributed by atoms with Crippen LogP contribution in [0.5, 0.6) is 0 Å². The van der Waals surface area contributed by atoms with Gasteiger partial charge in [0.1, 0.15) is 0 Å². The van der Waals surface area contributed by atoms with Crippen molar-refractivity contribution < 1.29 is 0 Å². The van der Waals surface area contributed by atoms with Crippen molar-refractivity contribution >= 4 is 48.6 Å². The molecular weight excluding hydrogens is 791 g/mol. The molecule has 2 aliphatic carbocycles. The maximum atomic E-state index is 2.47. The molecule has 10 aromatic carbocycles. The first-order valence-corrected chi connectivity index (χ1v) is 23.0. The summed E-state index contributed by atoms with van der Waals surface area (Å²) in [5, 5.41) is 2.63. The predicted molar refractivity (Wildman–Crippen MR) is 269 cm³/mol. The van der Waals surface area contributed by atoms with Crippen LogP contribution < -0.4 is 4.90 Å². The summed E-state index contributed by atoms with van der Waals surface area (Å²) in [7, 11) is 0. The van der Waals surface area contributed by atoms with Crippen LogP contribution in [0.25, 0.3) is 42.4 Å². The summed E-state index contributed by atoms with van der Waals surface area (Å²) >= 11 is 1.86. The van der Waals surface area contributed by atoms with Gasteiger partial charge in [-0.3, -0.25) is 0 Å². The summed E-state index contributed by atoms with van der Waals surface area (Å²) in [5.41, 5.74) is 17.5. The Morgan fingerprint density at radius 1 is 0.312 bits per heavy atom. The smallest absolute Gasteiger partial charge is 0.0728 e. The first-order chi connectivity index (χ1) is 31.8. The molecule has 1 nitrogen and oxygen atoms in total. The van der Waals surface area contributed by atoms with E-state index in [4.69, 9.17) is 0 Å². The second kappa shape index (κ2) is 14.4. The third-order valence-corrected chi connectivity index (χ3v) is 15.2. The van der Waals surface area contributed by atoms with Gasteiger partial charge in [0.2, 0.25) is 0 Å². The van der Waals surface area contributed by atoms with Crippen molar-refractivity contribution in [3.8, 4) is 22.3 Å². The molecule has 0 aliphatic heterocycles. The van der Waals surface area contributed by atoms with Crippen LogP contribution in [-0.4, -0.2) is 0 Å². The van der Waals surface area contributed by atoms with Crippen LogP contribution in [0.4, 0.5) is 17.1 Å². The van der Waals surface area contributed by atoms with Crippen molar-refractivity contribution in [2.75, 3.05) is 4.90 Å². The monoisotopic (exact) mass is 831 g/mol. The standard InChI is InChI=1S/C62H41NS/c1-4-19-44(20-5-1)61(53-29-13-14-30-54(53)62(45-21-6-2-7-22-45)52-28-12-10-25-48(52)50-27-18-32-56(61)60(50)62)55-31-15-16-33-57(55)63(46-23-8-3-9-24-46)47-38-35-42(36-39-47)43-37-40-59-51(41-43)49-26-11-17-34-58(49)64-59/h1-41H. The fourth-order valence-corrected chi connectivity index (χ4v) is 12.6. The van der Waals surface area contributed by atoms with Crippen LogP contribution in [0.1, 0.15) is 44.5 Å². The van der Waals surface area contributed by atoms with Gasteiger partial charge in [0.15, 0.2) is 0 Å². The van der Waals surface area contributed by atoms with E-state index in [-0.39, 0.29) is 0 Å². The lowest BCUT2D eigenvalue weighted by atomic mass is 9.51. The Kier molecular flexibility index (Phi) is 8.28. The van der Waals surface area contributed by atoms with E-state index >= 15 is 0 Å². The molecule has 1 heterocycles. The van der Waals surface area contributed by atoms with Crippen molar-refractivity contribution in [3.63, 3.8) is 0 Å². The molecule has 11 aromatic rings. The van der Waals surface area contributed by atoms with Crippen LogP contribution in [0.15, 0.2) is 249 Å². The highest BCUT2D eigenvalue weighted by atomic mass is 32.1. The zero-order valence-electron chi connectivity index (χ0n) is 35.0. The lowest BCUT2D eigenvalue weighted by Gasteiger charge is -2.50. The maximum Gasteiger partial charge on any atom is 0.0728 e. The van der Waals surface area contributed by atoms with Gasteiger partial charge in [-0.25, -0.2) is 0 Å². The predicted octanol–water partition coefficient (Wildman–Crippen LogP) is 16.3. The van der Waals surface area contributed by atoms with E-state index in [0.717, 1.165) is 17.1 Å². The number of thiophene rings is 1. The molecule has 0 N–H and O–H groups in total. The number of nitrogens with zero attached hydrogens (tertiary/aromatic N) is 1. The Bertz CT molecular complexity index is 3550. The molecule has 0 saturated carbocycles. The van der Waals surface area contributed by atoms with Crippen molar-refractivity contribution in [3.05, 3.63) is 293 Å². The van der Waals surface area contributed by atoms with Crippen LogP contribution in [0.2, 0.25) is 0 Å². The summed E-state index contributed by atoms with van der Waals surface area (Å²) in [5.74, 6) is 0.